The molecule has 100 valence electrons. The fourth-order valence-corrected chi connectivity index (χ4v) is 1.62. The highest BCUT2D eigenvalue weighted by molar-refractivity contribution is 5.56. The van der Waals surface area contributed by atoms with Gasteiger partial charge in [-0.15, -0.1) is 0 Å². The Morgan fingerprint density at radius 3 is 2.95 bits per heavy atom. The number of aromatic amines is 1. The molecule has 0 amide bonds. The number of H-pyrrole nitrogens is 1. The lowest BCUT2D eigenvalue weighted by Gasteiger charge is -2.08. The molecule has 0 fully saturated rings. The molecule has 1 heterocycles. The Morgan fingerprint density at radius 2 is 2.32 bits per heavy atom. The molecule has 1 aromatic heterocycles. The van der Waals surface area contributed by atoms with E-state index in [1.807, 2.05) is 6.92 Å². The number of nitrogens with zero attached hydrogens (tertiary/aromatic N) is 2. The van der Waals surface area contributed by atoms with Crippen molar-refractivity contribution in [3.8, 4) is 5.75 Å². The summed E-state index contributed by atoms with van der Waals surface area (Å²) >= 11 is 0. The van der Waals surface area contributed by atoms with Crippen LogP contribution in [0.25, 0.3) is 0 Å². The summed E-state index contributed by atoms with van der Waals surface area (Å²) in [6.45, 7) is 2.74. The normalized spacial score (nSPS) is 10.2. The molecule has 2 aromatic rings. The second kappa shape index (κ2) is 5.85. The number of aromatic nitrogens is 2. The third-order valence-electron chi connectivity index (χ3n) is 2.43. The highest BCUT2D eigenvalue weighted by Crippen LogP contribution is 2.26. The molecule has 0 saturated carbocycles. The van der Waals surface area contributed by atoms with Crippen molar-refractivity contribution in [1.29, 1.82) is 0 Å². The van der Waals surface area contributed by atoms with Crippen LogP contribution in [0.1, 0.15) is 12.7 Å². The number of anilines is 1. The Labute approximate surface area is 109 Å². The van der Waals surface area contributed by atoms with Gasteiger partial charge in [0.15, 0.2) is 0 Å². The lowest BCUT2D eigenvalue weighted by atomic mass is 10.2. The molecule has 19 heavy (non-hydrogen) atoms. The van der Waals surface area contributed by atoms with Crippen molar-refractivity contribution in [3.63, 3.8) is 0 Å². The molecule has 0 aliphatic rings. The number of nitro benzene ring substituents is 1. The molecule has 0 spiro atoms. The van der Waals surface area contributed by atoms with Gasteiger partial charge in [0, 0.05) is 30.2 Å². The fraction of sp³-hybridized carbons (Fsp3) is 0.250. The summed E-state index contributed by atoms with van der Waals surface area (Å²) in [5.74, 6) is 1.23. The zero-order valence-corrected chi connectivity index (χ0v) is 10.4. The second-order valence-corrected chi connectivity index (χ2v) is 3.80. The highest BCUT2D eigenvalue weighted by Gasteiger charge is 2.10. The third-order valence-corrected chi connectivity index (χ3v) is 2.43. The summed E-state index contributed by atoms with van der Waals surface area (Å²) in [7, 11) is 0. The van der Waals surface area contributed by atoms with Crippen LogP contribution in [0.5, 0.6) is 5.75 Å². The first kappa shape index (κ1) is 12.9. The van der Waals surface area contributed by atoms with Gasteiger partial charge in [-0.2, -0.15) is 0 Å². The van der Waals surface area contributed by atoms with Crippen LogP contribution in [0.3, 0.4) is 0 Å². The van der Waals surface area contributed by atoms with E-state index in [0.29, 0.717) is 24.6 Å². The minimum atomic E-state index is -0.444. The van der Waals surface area contributed by atoms with E-state index in [1.54, 1.807) is 18.5 Å². The summed E-state index contributed by atoms with van der Waals surface area (Å²) in [4.78, 5) is 17.4. The number of nitro groups is 1. The van der Waals surface area contributed by atoms with Crippen LogP contribution in [-0.2, 0) is 6.54 Å². The molecule has 0 bridgehead atoms. The molecular weight excluding hydrogens is 248 g/mol. The molecule has 0 atom stereocenters. The van der Waals surface area contributed by atoms with Gasteiger partial charge >= 0.3 is 0 Å². The Morgan fingerprint density at radius 1 is 1.47 bits per heavy atom. The number of ether oxygens (including phenoxy) is 1. The molecule has 7 nitrogen and oxygen atoms in total. The average molecular weight is 262 g/mol. The van der Waals surface area contributed by atoms with Crippen molar-refractivity contribution in [2.24, 2.45) is 0 Å². The summed E-state index contributed by atoms with van der Waals surface area (Å²) in [6.07, 6.45) is 3.37. The number of nitrogens with one attached hydrogen (secondary N) is 2. The number of rotatable bonds is 6. The van der Waals surface area contributed by atoms with E-state index >= 15 is 0 Å². The minimum Gasteiger partial charge on any atom is -0.494 e. The molecule has 1 aromatic carbocycles. The van der Waals surface area contributed by atoms with Gasteiger partial charge in [-0.1, -0.05) is 0 Å². The Kier molecular flexibility index (Phi) is 3.97. The summed E-state index contributed by atoms with van der Waals surface area (Å²) in [5.41, 5.74) is 0.613. The predicted molar refractivity (Wildman–Crippen MR) is 70.2 cm³/mol. The van der Waals surface area contributed by atoms with Gasteiger partial charge in [0.05, 0.1) is 24.1 Å². The zero-order chi connectivity index (χ0) is 13.7. The molecule has 0 saturated heterocycles. The Bertz CT molecular complexity index is 554. The van der Waals surface area contributed by atoms with E-state index < -0.39 is 4.92 Å². The van der Waals surface area contributed by atoms with Crippen LogP contribution in [0.2, 0.25) is 0 Å². The molecule has 0 unspecified atom stereocenters. The Hall–Kier alpha value is -2.57. The standard InChI is InChI=1S/C12H14N4O3/c1-2-19-11-6-9(5-10(7-11)16(17)18)15-8-12-13-3-4-14-12/h3-7,15H,2,8H2,1H3,(H,13,14). The van der Waals surface area contributed by atoms with Gasteiger partial charge in [-0.25, -0.2) is 4.98 Å². The van der Waals surface area contributed by atoms with E-state index in [-0.39, 0.29) is 5.69 Å². The van der Waals surface area contributed by atoms with Gasteiger partial charge in [0.1, 0.15) is 11.6 Å². The van der Waals surface area contributed by atoms with Crippen molar-refractivity contribution >= 4 is 11.4 Å². The van der Waals surface area contributed by atoms with E-state index in [1.165, 1.54) is 12.1 Å². The van der Waals surface area contributed by atoms with Gasteiger partial charge in [-0.3, -0.25) is 10.1 Å². The molecule has 2 rings (SSSR count). The first-order valence-corrected chi connectivity index (χ1v) is 5.83. The number of hydrogen-bond donors (Lipinski definition) is 2. The van der Waals surface area contributed by atoms with Crippen LogP contribution in [-0.4, -0.2) is 21.5 Å². The van der Waals surface area contributed by atoms with Crippen molar-refractivity contribution in [1.82, 2.24) is 9.97 Å². The maximum absolute atomic E-state index is 10.8. The van der Waals surface area contributed by atoms with Crippen LogP contribution < -0.4 is 10.1 Å². The van der Waals surface area contributed by atoms with Gasteiger partial charge in [-0.05, 0) is 6.92 Å². The number of hydrogen-bond acceptors (Lipinski definition) is 5. The van der Waals surface area contributed by atoms with Gasteiger partial charge < -0.3 is 15.0 Å². The van der Waals surface area contributed by atoms with Crippen molar-refractivity contribution in [2.45, 2.75) is 13.5 Å². The average Bonchev–Trinajstić information content (AvgIpc) is 2.89. The number of non-ortho nitro benzene ring substituents is 1. The van der Waals surface area contributed by atoms with E-state index in [0.717, 1.165) is 5.82 Å². The molecule has 7 heteroatoms. The lowest BCUT2D eigenvalue weighted by molar-refractivity contribution is -0.384. The van der Waals surface area contributed by atoms with Crippen molar-refractivity contribution in [2.75, 3.05) is 11.9 Å². The molecule has 0 radical (unpaired) electrons. The quantitative estimate of drug-likeness (QED) is 0.615. The minimum absolute atomic E-state index is 0.00658. The summed E-state index contributed by atoms with van der Waals surface area (Å²) in [6, 6.07) is 4.59. The molecule has 0 aliphatic heterocycles. The summed E-state index contributed by atoms with van der Waals surface area (Å²) < 4.78 is 5.31. The number of benzene rings is 1. The zero-order valence-electron chi connectivity index (χ0n) is 10.4. The van der Waals surface area contributed by atoms with Crippen molar-refractivity contribution in [3.05, 3.63) is 46.5 Å². The first-order chi connectivity index (χ1) is 9.19. The smallest absolute Gasteiger partial charge is 0.275 e. The molecule has 2 N–H and O–H groups in total. The Balaban J connectivity index is 2.16. The fourth-order valence-electron chi connectivity index (χ4n) is 1.62. The van der Waals surface area contributed by atoms with Crippen LogP contribution in [0.15, 0.2) is 30.6 Å². The highest BCUT2D eigenvalue weighted by atomic mass is 16.6. The third kappa shape index (κ3) is 3.44. The van der Waals surface area contributed by atoms with Gasteiger partial charge in [0.2, 0.25) is 0 Å². The predicted octanol–water partition coefficient (Wildman–Crippen LogP) is 2.33. The lowest BCUT2D eigenvalue weighted by Crippen LogP contribution is -2.02. The number of imidazole rings is 1. The monoisotopic (exact) mass is 262 g/mol. The maximum atomic E-state index is 10.8. The largest absolute Gasteiger partial charge is 0.494 e. The van der Waals surface area contributed by atoms with E-state index in [4.69, 9.17) is 4.74 Å². The van der Waals surface area contributed by atoms with E-state index in [2.05, 4.69) is 15.3 Å². The van der Waals surface area contributed by atoms with Crippen molar-refractivity contribution < 1.29 is 9.66 Å². The van der Waals surface area contributed by atoms with Crippen LogP contribution >= 0.6 is 0 Å². The topological polar surface area (TPSA) is 93.1 Å². The van der Waals surface area contributed by atoms with Crippen LogP contribution in [0.4, 0.5) is 11.4 Å². The SMILES string of the molecule is CCOc1cc(NCc2ncc[nH]2)cc([N+](=O)[O-])c1. The maximum Gasteiger partial charge on any atom is 0.275 e. The second-order valence-electron chi connectivity index (χ2n) is 3.80. The van der Waals surface area contributed by atoms with Gasteiger partial charge in [0.25, 0.3) is 5.69 Å². The van der Waals surface area contributed by atoms with Crippen LogP contribution in [0, 0.1) is 10.1 Å². The molecular formula is C12H14N4O3. The molecule has 0 aliphatic carbocycles. The first-order valence-electron chi connectivity index (χ1n) is 5.83. The summed E-state index contributed by atoms with van der Waals surface area (Å²) in [5, 5.41) is 13.9. The van der Waals surface area contributed by atoms with E-state index in [9.17, 15) is 10.1 Å².